The first-order valence-electron chi connectivity index (χ1n) is 6.23. The zero-order valence-electron chi connectivity index (χ0n) is 10.7. The predicted molar refractivity (Wildman–Crippen MR) is 66.4 cm³/mol. The van der Waals surface area contributed by atoms with E-state index in [0.29, 0.717) is 12.6 Å². The molecule has 0 saturated heterocycles. The van der Waals surface area contributed by atoms with Gasteiger partial charge in [-0.3, -0.25) is 0 Å². The highest BCUT2D eigenvalue weighted by atomic mass is 16.2. The lowest BCUT2D eigenvalue weighted by atomic mass is 9.85. The van der Waals surface area contributed by atoms with Crippen LogP contribution in [0.3, 0.4) is 0 Å². The second-order valence-corrected chi connectivity index (χ2v) is 4.71. The number of carbonyl (C=O) groups excluding carboxylic acids is 1. The minimum absolute atomic E-state index is 0.0766. The molecule has 1 rings (SSSR count). The number of nitriles is 1. The molecule has 0 bridgehead atoms. The second kappa shape index (κ2) is 7.13. The van der Waals surface area contributed by atoms with Gasteiger partial charge in [0.2, 0.25) is 0 Å². The number of hydrogen-bond donors (Lipinski definition) is 2. The fourth-order valence-electron chi connectivity index (χ4n) is 2.11. The molecule has 2 amide bonds. The molecule has 2 atom stereocenters. The first kappa shape index (κ1) is 13.8. The van der Waals surface area contributed by atoms with E-state index >= 15 is 0 Å². The minimum Gasteiger partial charge on any atom is -0.337 e. The standard InChI is InChI=1S/C12H22N4O/c1-16(2)12(17)15-8-7-14-11-6-4-3-5-10(11)9-13/h10-11,14H,3-8H2,1-2H3,(H,15,17). The first-order chi connectivity index (χ1) is 8.15. The Balaban J connectivity index is 2.17. The molecule has 5 heteroatoms. The monoisotopic (exact) mass is 238 g/mol. The fourth-order valence-corrected chi connectivity index (χ4v) is 2.11. The van der Waals surface area contributed by atoms with Gasteiger partial charge in [0.1, 0.15) is 0 Å². The van der Waals surface area contributed by atoms with Crippen molar-refractivity contribution in [3.05, 3.63) is 0 Å². The van der Waals surface area contributed by atoms with Crippen LogP contribution in [0.4, 0.5) is 4.79 Å². The summed E-state index contributed by atoms with van der Waals surface area (Å²) in [6, 6.07) is 2.58. The third-order valence-electron chi connectivity index (χ3n) is 3.15. The normalized spacial score (nSPS) is 23.8. The lowest BCUT2D eigenvalue weighted by molar-refractivity contribution is 0.217. The molecule has 0 aliphatic heterocycles. The molecule has 2 unspecified atom stereocenters. The Morgan fingerprint density at radius 1 is 1.35 bits per heavy atom. The SMILES string of the molecule is CN(C)C(=O)NCCNC1CCCCC1C#N. The van der Waals surface area contributed by atoms with Gasteiger partial charge in [-0.2, -0.15) is 5.26 Å². The number of nitrogens with zero attached hydrogens (tertiary/aromatic N) is 2. The molecule has 0 aromatic heterocycles. The molecule has 1 saturated carbocycles. The van der Waals surface area contributed by atoms with E-state index in [9.17, 15) is 4.79 Å². The zero-order valence-corrected chi connectivity index (χ0v) is 10.7. The molecular formula is C12H22N4O. The number of amides is 2. The van der Waals surface area contributed by atoms with E-state index in [2.05, 4.69) is 16.7 Å². The van der Waals surface area contributed by atoms with Crippen LogP contribution in [-0.4, -0.2) is 44.2 Å². The van der Waals surface area contributed by atoms with Gasteiger partial charge in [-0.05, 0) is 12.8 Å². The lowest BCUT2D eigenvalue weighted by Gasteiger charge is -2.27. The highest BCUT2D eigenvalue weighted by Gasteiger charge is 2.23. The van der Waals surface area contributed by atoms with Crippen molar-refractivity contribution in [1.82, 2.24) is 15.5 Å². The van der Waals surface area contributed by atoms with Crippen molar-refractivity contribution in [2.45, 2.75) is 31.7 Å². The molecular weight excluding hydrogens is 216 g/mol. The molecule has 5 nitrogen and oxygen atoms in total. The predicted octanol–water partition coefficient (Wildman–Crippen LogP) is 0.930. The summed E-state index contributed by atoms with van der Waals surface area (Å²) in [6.45, 7) is 1.33. The quantitative estimate of drug-likeness (QED) is 0.716. The van der Waals surface area contributed by atoms with Gasteiger partial charge in [-0.1, -0.05) is 12.8 Å². The van der Waals surface area contributed by atoms with E-state index in [1.54, 1.807) is 14.1 Å². The van der Waals surface area contributed by atoms with Crippen molar-refractivity contribution >= 4 is 6.03 Å². The van der Waals surface area contributed by atoms with Crippen LogP contribution in [0.5, 0.6) is 0 Å². The molecule has 2 N–H and O–H groups in total. The Morgan fingerprint density at radius 2 is 2.06 bits per heavy atom. The average Bonchev–Trinajstić information content (AvgIpc) is 2.34. The summed E-state index contributed by atoms with van der Waals surface area (Å²) in [4.78, 5) is 12.8. The Bertz CT molecular complexity index is 285. The van der Waals surface area contributed by atoms with E-state index < -0.39 is 0 Å². The van der Waals surface area contributed by atoms with Crippen LogP contribution in [0.2, 0.25) is 0 Å². The van der Waals surface area contributed by atoms with Crippen LogP contribution >= 0.6 is 0 Å². The van der Waals surface area contributed by atoms with Crippen LogP contribution < -0.4 is 10.6 Å². The molecule has 0 aromatic rings. The molecule has 96 valence electrons. The second-order valence-electron chi connectivity index (χ2n) is 4.71. The number of rotatable bonds is 4. The van der Waals surface area contributed by atoms with Gasteiger partial charge < -0.3 is 15.5 Å². The van der Waals surface area contributed by atoms with Crippen molar-refractivity contribution in [2.75, 3.05) is 27.2 Å². The van der Waals surface area contributed by atoms with Crippen LogP contribution in [0, 0.1) is 17.2 Å². The van der Waals surface area contributed by atoms with Crippen molar-refractivity contribution < 1.29 is 4.79 Å². The number of carbonyl (C=O) groups is 1. The van der Waals surface area contributed by atoms with Gasteiger partial charge in [0, 0.05) is 33.2 Å². The van der Waals surface area contributed by atoms with Crippen LogP contribution in [0.1, 0.15) is 25.7 Å². The molecule has 17 heavy (non-hydrogen) atoms. The largest absolute Gasteiger partial charge is 0.337 e. The highest BCUT2D eigenvalue weighted by Crippen LogP contribution is 2.23. The summed E-state index contributed by atoms with van der Waals surface area (Å²) in [5.74, 6) is 0.133. The topological polar surface area (TPSA) is 68.2 Å². The maximum Gasteiger partial charge on any atom is 0.316 e. The van der Waals surface area contributed by atoms with E-state index in [1.807, 2.05) is 0 Å². The molecule has 1 aliphatic carbocycles. The number of urea groups is 1. The Morgan fingerprint density at radius 3 is 2.71 bits per heavy atom. The third kappa shape index (κ3) is 4.61. The maximum absolute atomic E-state index is 11.2. The maximum atomic E-state index is 11.2. The van der Waals surface area contributed by atoms with Gasteiger partial charge in [0.05, 0.1) is 12.0 Å². The summed E-state index contributed by atoms with van der Waals surface area (Å²) in [5, 5.41) is 15.2. The van der Waals surface area contributed by atoms with Crippen molar-refractivity contribution in [2.24, 2.45) is 5.92 Å². The highest BCUT2D eigenvalue weighted by molar-refractivity contribution is 5.73. The Labute approximate surface area is 103 Å². The van der Waals surface area contributed by atoms with Crippen LogP contribution in [0.15, 0.2) is 0 Å². The summed E-state index contributed by atoms with van der Waals surface area (Å²) >= 11 is 0. The van der Waals surface area contributed by atoms with Crippen LogP contribution in [-0.2, 0) is 0 Å². The van der Waals surface area contributed by atoms with Crippen molar-refractivity contribution in [3.63, 3.8) is 0 Å². The fraction of sp³-hybridized carbons (Fsp3) is 0.833. The van der Waals surface area contributed by atoms with Crippen molar-refractivity contribution in [3.8, 4) is 6.07 Å². The van der Waals surface area contributed by atoms with E-state index in [0.717, 1.165) is 25.8 Å². The van der Waals surface area contributed by atoms with E-state index in [4.69, 9.17) is 5.26 Å². The third-order valence-corrected chi connectivity index (χ3v) is 3.15. The lowest BCUT2D eigenvalue weighted by Crippen LogP contribution is -2.43. The van der Waals surface area contributed by atoms with Crippen LogP contribution in [0.25, 0.3) is 0 Å². The van der Waals surface area contributed by atoms with Gasteiger partial charge in [0.15, 0.2) is 0 Å². The molecule has 0 spiro atoms. The minimum atomic E-state index is -0.0766. The van der Waals surface area contributed by atoms with Gasteiger partial charge in [-0.15, -0.1) is 0 Å². The molecule has 1 aliphatic rings. The van der Waals surface area contributed by atoms with Gasteiger partial charge in [0.25, 0.3) is 0 Å². The smallest absolute Gasteiger partial charge is 0.316 e. The van der Waals surface area contributed by atoms with E-state index in [-0.39, 0.29) is 11.9 Å². The molecule has 0 aromatic carbocycles. The van der Waals surface area contributed by atoms with E-state index in [1.165, 1.54) is 11.3 Å². The number of nitrogens with one attached hydrogen (secondary N) is 2. The summed E-state index contributed by atoms with van der Waals surface area (Å²) < 4.78 is 0. The summed E-state index contributed by atoms with van der Waals surface area (Å²) in [6.07, 6.45) is 4.42. The molecule has 1 fully saturated rings. The van der Waals surface area contributed by atoms with Crippen molar-refractivity contribution in [1.29, 1.82) is 5.26 Å². The summed E-state index contributed by atoms with van der Waals surface area (Å²) in [7, 11) is 3.44. The number of hydrogen-bond acceptors (Lipinski definition) is 3. The Kier molecular flexibility index (Phi) is 5.78. The Hall–Kier alpha value is -1.28. The summed E-state index contributed by atoms with van der Waals surface area (Å²) in [5.41, 5.74) is 0. The zero-order chi connectivity index (χ0) is 12.7. The molecule has 0 heterocycles. The van der Waals surface area contributed by atoms with Gasteiger partial charge >= 0.3 is 6.03 Å². The first-order valence-corrected chi connectivity index (χ1v) is 6.23. The average molecular weight is 238 g/mol. The molecule has 0 radical (unpaired) electrons. The van der Waals surface area contributed by atoms with Gasteiger partial charge in [-0.25, -0.2) is 4.79 Å².